The summed E-state index contributed by atoms with van der Waals surface area (Å²) in [6, 6.07) is 0. The highest BCUT2D eigenvalue weighted by Gasteiger charge is 2.15. The van der Waals surface area contributed by atoms with Gasteiger partial charge in [0.2, 0.25) is 0 Å². The average Bonchev–Trinajstić information content (AvgIpc) is 1.68. The minimum atomic E-state index is -0.818. The first-order chi connectivity index (χ1) is 3.12. The van der Waals surface area contributed by atoms with Crippen LogP contribution >= 0.6 is 31.9 Å². The van der Waals surface area contributed by atoms with Gasteiger partial charge in [0.25, 0.3) is 0 Å². The molecule has 0 aliphatic rings. The summed E-state index contributed by atoms with van der Waals surface area (Å²) in [6.07, 6.45) is 0. The fourth-order valence-electron chi connectivity index (χ4n) is 0.0357. The summed E-state index contributed by atoms with van der Waals surface area (Å²) in [5, 5.41) is 0. The Morgan fingerprint density at radius 1 is 1.14 bits per heavy atom. The van der Waals surface area contributed by atoms with E-state index in [0.29, 0.717) is 0 Å². The van der Waals surface area contributed by atoms with E-state index in [1.165, 1.54) is 9.91 Å². The zero-order valence-corrected chi connectivity index (χ0v) is 8.84. The third-order valence-electron chi connectivity index (χ3n) is 0.724. The van der Waals surface area contributed by atoms with Crippen molar-refractivity contribution < 1.29 is 0 Å². The Labute approximate surface area is 63.0 Å². The fraction of sp³-hybridized carbons (Fsp3) is 1.00. The van der Waals surface area contributed by atoms with Crippen molar-refractivity contribution in [2.24, 2.45) is 0 Å². The number of halogens is 2. The van der Waals surface area contributed by atoms with E-state index in [-0.39, 0.29) is 0 Å². The zero-order valence-electron chi connectivity index (χ0n) is 4.67. The van der Waals surface area contributed by atoms with E-state index in [2.05, 4.69) is 45.0 Å². The van der Waals surface area contributed by atoms with Crippen LogP contribution in [0.15, 0.2) is 0 Å². The number of rotatable bonds is 2. The Morgan fingerprint density at radius 3 is 1.43 bits per heavy atom. The molecular formula is C4H10Br2Si. The highest BCUT2D eigenvalue weighted by Crippen LogP contribution is 2.07. The van der Waals surface area contributed by atoms with Gasteiger partial charge in [-0.25, -0.2) is 0 Å². The maximum atomic E-state index is 3.46. The van der Waals surface area contributed by atoms with Crippen LogP contribution in [0.5, 0.6) is 0 Å². The normalized spacial score (nSPS) is 12.0. The summed E-state index contributed by atoms with van der Waals surface area (Å²) in [6.45, 7) is 4.69. The molecule has 0 aliphatic carbocycles. The lowest BCUT2D eigenvalue weighted by Crippen LogP contribution is -2.30. The van der Waals surface area contributed by atoms with E-state index < -0.39 is 8.07 Å². The molecule has 0 rings (SSSR count). The minimum absolute atomic E-state index is 0.818. The van der Waals surface area contributed by atoms with Crippen molar-refractivity contribution in [1.29, 1.82) is 0 Å². The minimum Gasteiger partial charge on any atom is -0.0961 e. The van der Waals surface area contributed by atoms with Crippen LogP contribution < -0.4 is 0 Å². The molecule has 44 valence electrons. The smallest absolute Gasteiger partial charge is 0.0697 e. The van der Waals surface area contributed by atoms with E-state index in [0.717, 1.165) is 0 Å². The molecule has 7 heavy (non-hydrogen) atoms. The zero-order chi connectivity index (χ0) is 5.91. The van der Waals surface area contributed by atoms with Crippen molar-refractivity contribution in [3.8, 4) is 0 Å². The van der Waals surface area contributed by atoms with Crippen molar-refractivity contribution in [3.05, 3.63) is 0 Å². The highest BCUT2D eigenvalue weighted by molar-refractivity contribution is 9.10. The Hall–Kier alpha value is 1.18. The molecule has 0 nitrogen and oxygen atoms in total. The van der Waals surface area contributed by atoms with Crippen LogP contribution in [0, 0.1) is 0 Å². The molecule has 0 atom stereocenters. The second-order valence-electron chi connectivity index (χ2n) is 2.43. The van der Waals surface area contributed by atoms with Crippen molar-refractivity contribution >= 4 is 39.9 Å². The van der Waals surface area contributed by atoms with Gasteiger partial charge in [-0.05, 0) is 9.91 Å². The second-order valence-corrected chi connectivity index (χ2v) is 10.7. The molecule has 0 amide bonds. The first-order valence-corrected chi connectivity index (χ1v) is 7.90. The molecule has 0 aromatic heterocycles. The predicted octanol–water partition coefficient (Wildman–Crippen LogP) is 2.56. The molecule has 0 N–H and O–H groups in total. The SMILES string of the molecule is C[Si](C)(CBr)CBr. The van der Waals surface area contributed by atoms with Gasteiger partial charge in [-0.1, -0.05) is 45.0 Å². The first-order valence-electron chi connectivity index (χ1n) is 2.24. The van der Waals surface area contributed by atoms with Crippen molar-refractivity contribution in [2.75, 3.05) is 9.91 Å². The molecule has 0 spiro atoms. The van der Waals surface area contributed by atoms with Gasteiger partial charge in [0.15, 0.2) is 0 Å². The fourth-order valence-corrected chi connectivity index (χ4v) is 2.89. The molecule has 0 saturated carbocycles. The van der Waals surface area contributed by atoms with E-state index in [4.69, 9.17) is 0 Å². The summed E-state index contributed by atoms with van der Waals surface area (Å²) >= 11 is 6.93. The molecule has 0 radical (unpaired) electrons. The van der Waals surface area contributed by atoms with Crippen LogP contribution in [0.3, 0.4) is 0 Å². The van der Waals surface area contributed by atoms with Crippen molar-refractivity contribution in [2.45, 2.75) is 13.1 Å². The first kappa shape index (κ1) is 8.18. The van der Waals surface area contributed by atoms with Crippen LogP contribution in [0.1, 0.15) is 0 Å². The number of alkyl halides is 2. The topological polar surface area (TPSA) is 0 Å². The van der Waals surface area contributed by atoms with Gasteiger partial charge in [-0.15, -0.1) is 0 Å². The molecule has 0 aromatic rings. The maximum absolute atomic E-state index is 3.46. The molecule has 0 fully saturated rings. The van der Waals surface area contributed by atoms with Crippen LogP contribution in [0.2, 0.25) is 13.1 Å². The van der Waals surface area contributed by atoms with Gasteiger partial charge in [-0.3, -0.25) is 0 Å². The molecule has 0 bridgehead atoms. The summed E-state index contributed by atoms with van der Waals surface area (Å²) in [5.74, 6) is 0. The van der Waals surface area contributed by atoms with E-state index in [1.54, 1.807) is 0 Å². The molecule has 0 unspecified atom stereocenters. The van der Waals surface area contributed by atoms with Gasteiger partial charge in [-0.2, -0.15) is 0 Å². The van der Waals surface area contributed by atoms with E-state index in [1.807, 2.05) is 0 Å². The summed E-state index contributed by atoms with van der Waals surface area (Å²) in [4.78, 5) is 2.40. The summed E-state index contributed by atoms with van der Waals surface area (Å²) in [7, 11) is -0.818. The van der Waals surface area contributed by atoms with Crippen LogP contribution in [-0.2, 0) is 0 Å². The van der Waals surface area contributed by atoms with Crippen LogP contribution in [0.4, 0.5) is 0 Å². The van der Waals surface area contributed by atoms with Gasteiger partial charge in [0, 0.05) is 0 Å². The molecule has 0 heterocycles. The summed E-state index contributed by atoms with van der Waals surface area (Å²) < 4.78 is 0. The van der Waals surface area contributed by atoms with Crippen LogP contribution in [0.25, 0.3) is 0 Å². The van der Waals surface area contributed by atoms with Crippen LogP contribution in [-0.4, -0.2) is 18.0 Å². The Balaban J connectivity index is 3.36. The molecule has 0 aromatic carbocycles. The maximum Gasteiger partial charge on any atom is 0.0697 e. The molecule has 0 aliphatic heterocycles. The Bertz CT molecular complexity index is 47.7. The molecular weight excluding hydrogens is 236 g/mol. The third-order valence-corrected chi connectivity index (χ3v) is 11.3. The lowest BCUT2D eigenvalue weighted by atomic mass is 11.8. The Kier molecular flexibility index (Phi) is 3.80. The van der Waals surface area contributed by atoms with Crippen molar-refractivity contribution in [1.82, 2.24) is 0 Å². The standard InChI is InChI=1S/C4H10Br2Si/c1-7(2,3-5)4-6/h3-4H2,1-2H3. The molecule has 3 heteroatoms. The summed E-state index contributed by atoms with van der Waals surface area (Å²) in [5.41, 5.74) is 0. The Morgan fingerprint density at radius 2 is 1.43 bits per heavy atom. The number of hydrogen-bond donors (Lipinski definition) is 0. The second kappa shape index (κ2) is 3.25. The van der Waals surface area contributed by atoms with E-state index >= 15 is 0 Å². The predicted molar refractivity (Wildman–Crippen MR) is 45.1 cm³/mol. The lowest BCUT2D eigenvalue weighted by molar-refractivity contribution is 1.67. The number of hydrogen-bond acceptors (Lipinski definition) is 0. The van der Waals surface area contributed by atoms with Gasteiger partial charge < -0.3 is 0 Å². The van der Waals surface area contributed by atoms with Gasteiger partial charge >= 0.3 is 0 Å². The lowest BCUT2D eigenvalue weighted by Gasteiger charge is -2.13. The monoisotopic (exact) mass is 244 g/mol. The quantitative estimate of drug-likeness (QED) is 0.518. The average molecular weight is 246 g/mol. The van der Waals surface area contributed by atoms with E-state index in [9.17, 15) is 0 Å². The third kappa shape index (κ3) is 3.73. The van der Waals surface area contributed by atoms with Gasteiger partial charge in [0.1, 0.15) is 0 Å². The van der Waals surface area contributed by atoms with Gasteiger partial charge in [0.05, 0.1) is 8.07 Å². The largest absolute Gasteiger partial charge is 0.0961 e. The highest BCUT2D eigenvalue weighted by atomic mass is 79.9. The molecule has 0 saturated heterocycles. The van der Waals surface area contributed by atoms with Crippen molar-refractivity contribution in [3.63, 3.8) is 0 Å².